The van der Waals surface area contributed by atoms with Gasteiger partial charge in [-0.3, -0.25) is 5.01 Å². The number of piperidine rings is 1. The fraction of sp³-hybridized carbons (Fsp3) is 0.588. The molecule has 1 saturated heterocycles. The first kappa shape index (κ1) is 16.5. The van der Waals surface area contributed by atoms with Gasteiger partial charge in [0, 0.05) is 17.6 Å². The maximum absolute atomic E-state index is 5.37. The molecule has 0 N–H and O–H groups in total. The molecule has 0 aromatic heterocycles. The zero-order valence-corrected chi connectivity index (χ0v) is 14.1. The average Bonchev–Trinajstić information content (AvgIpc) is 2.53. The van der Waals surface area contributed by atoms with Gasteiger partial charge in [-0.1, -0.05) is 0 Å². The summed E-state index contributed by atoms with van der Waals surface area (Å²) in [5.74, 6) is 1.88. The maximum atomic E-state index is 5.37. The number of methoxy groups -OCH3 is 3. The molecule has 1 heterocycles. The van der Waals surface area contributed by atoms with Crippen molar-refractivity contribution in [3.8, 4) is 17.2 Å². The quantitative estimate of drug-likeness (QED) is 0.783. The van der Waals surface area contributed by atoms with E-state index < -0.39 is 0 Å². The van der Waals surface area contributed by atoms with Crippen molar-refractivity contribution >= 4 is 6.21 Å². The van der Waals surface area contributed by atoms with Crippen molar-refractivity contribution in [1.29, 1.82) is 0 Å². The molecule has 2 rings (SSSR count). The smallest absolute Gasteiger partial charge is 0.203 e. The van der Waals surface area contributed by atoms with Gasteiger partial charge in [-0.25, -0.2) is 0 Å². The van der Waals surface area contributed by atoms with E-state index in [9.17, 15) is 0 Å². The second-order valence-corrected chi connectivity index (χ2v) is 5.71. The standard InChI is InChI=1S/C17H26N2O3/c1-12-7-6-8-13(2)19(12)18-11-14-9-15(20-3)17(22-5)16(10-14)21-4/h9-13H,6-8H2,1-5H3/b18-11-/t12-,13-/m1/s1. The van der Waals surface area contributed by atoms with Gasteiger partial charge in [0.05, 0.1) is 27.5 Å². The van der Waals surface area contributed by atoms with Crippen LogP contribution >= 0.6 is 0 Å². The third kappa shape index (κ3) is 3.46. The lowest BCUT2D eigenvalue weighted by Crippen LogP contribution is -2.39. The van der Waals surface area contributed by atoms with E-state index in [2.05, 4.69) is 24.0 Å². The van der Waals surface area contributed by atoms with Gasteiger partial charge >= 0.3 is 0 Å². The fourth-order valence-corrected chi connectivity index (χ4v) is 2.94. The molecule has 0 unspecified atom stereocenters. The summed E-state index contributed by atoms with van der Waals surface area (Å²) in [6.07, 6.45) is 5.52. The lowest BCUT2D eigenvalue weighted by molar-refractivity contribution is 0.109. The third-order valence-electron chi connectivity index (χ3n) is 4.17. The van der Waals surface area contributed by atoms with Crippen molar-refractivity contribution in [2.45, 2.75) is 45.2 Å². The minimum atomic E-state index is 0.474. The van der Waals surface area contributed by atoms with Crippen molar-refractivity contribution in [2.75, 3.05) is 21.3 Å². The van der Waals surface area contributed by atoms with E-state index in [1.54, 1.807) is 21.3 Å². The van der Waals surface area contributed by atoms with Gasteiger partial charge in [0.2, 0.25) is 5.75 Å². The van der Waals surface area contributed by atoms with Gasteiger partial charge < -0.3 is 14.2 Å². The molecule has 0 aliphatic carbocycles. The number of hydrogen-bond acceptors (Lipinski definition) is 5. The van der Waals surface area contributed by atoms with Crippen LogP contribution < -0.4 is 14.2 Å². The van der Waals surface area contributed by atoms with Crippen LogP contribution in [-0.2, 0) is 0 Å². The van der Waals surface area contributed by atoms with Crippen LogP contribution in [0.3, 0.4) is 0 Å². The Morgan fingerprint density at radius 1 is 1.00 bits per heavy atom. The molecule has 0 amide bonds. The van der Waals surface area contributed by atoms with Gasteiger partial charge in [-0.15, -0.1) is 0 Å². The number of benzene rings is 1. The SMILES string of the molecule is COc1cc(/C=N\N2[C@H](C)CCC[C@H]2C)cc(OC)c1OC. The molecular formula is C17H26N2O3. The number of rotatable bonds is 5. The molecule has 1 fully saturated rings. The summed E-state index contributed by atoms with van der Waals surface area (Å²) in [6, 6.07) is 4.76. The largest absolute Gasteiger partial charge is 0.493 e. The maximum Gasteiger partial charge on any atom is 0.203 e. The van der Waals surface area contributed by atoms with E-state index in [1.165, 1.54) is 19.3 Å². The highest BCUT2D eigenvalue weighted by Crippen LogP contribution is 2.37. The molecular weight excluding hydrogens is 280 g/mol. The van der Waals surface area contributed by atoms with Crippen LogP contribution in [0, 0.1) is 0 Å². The first-order valence-electron chi connectivity index (χ1n) is 7.73. The highest BCUT2D eigenvalue weighted by Gasteiger charge is 2.22. The zero-order valence-electron chi connectivity index (χ0n) is 14.1. The van der Waals surface area contributed by atoms with Crippen LogP contribution in [0.1, 0.15) is 38.7 Å². The summed E-state index contributed by atoms with van der Waals surface area (Å²) in [6.45, 7) is 4.45. The van der Waals surface area contributed by atoms with Crippen LogP contribution in [0.15, 0.2) is 17.2 Å². The molecule has 5 heteroatoms. The van der Waals surface area contributed by atoms with Crippen LogP contribution in [0.5, 0.6) is 17.2 Å². The molecule has 22 heavy (non-hydrogen) atoms. The molecule has 1 aromatic carbocycles. The highest BCUT2D eigenvalue weighted by atomic mass is 16.5. The topological polar surface area (TPSA) is 43.3 Å². The summed E-state index contributed by atoms with van der Waals surface area (Å²) in [5.41, 5.74) is 0.930. The van der Waals surface area contributed by atoms with Crippen LogP contribution in [0.25, 0.3) is 0 Å². The van der Waals surface area contributed by atoms with E-state index in [1.807, 2.05) is 18.3 Å². The van der Waals surface area contributed by atoms with Gasteiger partial charge in [-0.05, 0) is 45.2 Å². The van der Waals surface area contributed by atoms with Gasteiger partial charge in [0.1, 0.15) is 0 Å². The van der Waals surface area contributed by atoms with E-state index in [-0.39, 0.29) is 0 Å². The van der Waals surface area contributed by atoms with Gasteiger partial charge in [0.25, 0.3) is 0 Å². The van der Waals surface area contributed by atoms with Crippen LogP contribution in [0.2, 0.25) is 0 Å². The van der Waals surface area contributed by atoms with Crippen LogP contribution in [0.4, 0.5) is 0 Å². The highest BCUT2D eigenvalue weighted by molar-refractivity contribution is 5.82. The lowest BCUT2D eigenvalue weighted by atomic mass is 10.00. The van der Waals surface area contributed by atoms with Crippen LogP contribution in [-0.4, -0.2) is 44.6 Å². The Bertz CT molecular complexity index is 496. The Balaban J connectivity index is 2.26. The summed E-state index contributed by atoms with van der Waals surface area (Å²) in [5, 5.41) is 6.87. The number of nitrogens with zero attached hydrogens (tertiary/aromatic N) is 2. The zero-order chi connectivity index (χ0) is 16.1. The van der Waals surface area contributed by atoms with Gasteiger partial charge in [-0.2, -0.15) is 5.10 Å². The Hall–Kier alpha value is -1.91. The monoisotopic (exact) mass is 306 g/mol. The molecule has 1 aliphatic rings. The normalized spacial score (nSPS) is 22.0. The summed E-state index contributed by atoms with van der Waals surface area (Å²) in [7, 11) is 4.84. The summed E-state index contributed by atoms with van der Waals surface area (Å²) in [4.78, 5) is 0. The van der Waals surface area contributed by atoms with Crippen molar-refractivity contribution in [3.63, 3.8) is 0 Å². The van der Waals surface area contributed by atoms with Crippen molar-refractivity contribution < 1.29 is 14.2 Å². The van der Waals surface area contributed by atoms with E-state index in [0.717, 1.165) is 5.56 Å². The second-order valence-electron chi connectivity index (χ2n) is 5.71. The molecule has 122 valence electrons. The first-order valence-corrected chi connectivity index (χ1v) is 7.73. The van der Waals surface area contributed by atoms with E-state index in [4.69, 9.17) is 14.2 Å². The van der Waals surface area contributed by atoms with E-state index >= 15 is 0 Å². The Kier molecular flexibility index (Phi) is 5.52. The van der Waals surface area contributed by atoms with E-state index in [0.29, 0.717) is 29.3 Å². The fourth-order valence-electron chi connectivity index (χ4n) is 2.94. The molecule has 1 aromatic rings. The minimum Gasteiger partial charge on any atom is -0.493 e. The molecule has 0 bridgehead atoms. The molecule has 5 nitrogen and oxygen atoms in total. The summed E-state index contributed by atoms with van der Waals surface area (Å²) < 4.78 is 16.1. The third-order valence-corrected chi connectivity index (χ3v) is 4.17. The lowest BCUT2D eigenvalue weighted by Gasteiger charge is -2.36. The average molecular weight is 306 g/mol. The predicted molar refractivity (Wildman–Crippen MR) is 88.3 cm³/mol. The van der Waals surface area contributed by atoms with Gasteiger partial charge in [0.15, 0.2) is 11.5 Å². The number of hydrazone groups is 1. The Morgan fingerprint density at radius 3 is 2.00 bits per heavy atom. The predicted octanol–water partition coefficient (Wildman–Crippen LogP) is 3.31. The van der Waals surface area contributed by atoms with Crippen molar-refractivity contribution in [3.05, 3.63) is 17.7 Å². The van der Waals surface area contributed by atoms with Crippen molar-refractivity contribution in [1.82, 2.24) is 5.01 Å². The number of hydrogen-bond donors (Lipinski definition) is 0. The van der Waals surface area contributed by atoms with Crippen molar-refractivity contribution in [2.24, 2.45) is 5.10 Å². The Morgan fingerprint density at radius 2 is 1.55 bits per heavy atom. The molecule has 1 aliphatic heterocycles. The molecule has 0 radical (unpaired) electrons. The molecule has 2 atom stereocenters. The number of ether oxygens (including phenoxy) is 3. The first-order chi connectivity index (χ1) is 10.6. The second kappa shape index (κ2) is 7.38. The Labute approximate surface area is 132 Å². The molecule has 0 spiro atoms. The minimum absolute atomic E-state index is 0.474. The molecule has 0 saturated carbocycles. The summed E-state index contributed by atoms with van der Waals surface area (Å²) >= 11 is 0.